The summed E-state index contributed by atoms with van der Waals surface area (Å²) in [5.41, 5.74) is 1.92. The minimum absolute atomic E-state index is 0.0893. The predicted molar refractivity (Wildman–Crippen MR) is 80.4 cm³/mol. The van der Waals surface area contributed by atoms with Crippen LogP contribution in [0.2, 0.25) is 0 Å². The molecule has 0 unspecified atom stereocenters. The van der Waals surface area contributed by atoms with Crippen LogP contribution in [0.3, 0.4) is 0 Å². The second kappa shape index (κ2) is 5.85. The van der Waals surface area contributed by atoms with Gasteiger partial charge in [0.05, 0.1) is 12.1 Å². The lowest BCUT2D eigenvalue weighted by Gasteiger charge is -2.10. The van der Waals surface area contributed by atoms with Crippen molar-refractivity contribution >= 4 is 11.7 Å². The van der Waals surface area contributed by atoms with Crippen molar-refractivity contribution in [2.45, 2.75) is 6.42 Å². The Morgan fingerprint density at radius 2 is 2.36 bits per heavy atom. The normalized spacial score (nSPS) is 17.3. The Morgan fingerprint density at radius 3 is 3.05 bits per heavy atom. The Bertz CT molecular complexity index is 732. The summed E-state index contributed by atoms with van der Waals surface area (Å²) in [6.45, 7) is 1.11. The fourth-order valence-electron chi connectivity index (χ4n) is 2.54. The highest BCUT2D eigenvalue weighted by Gasteiger charge is 2.27. The number of amides is 1. The highest BCUT2D eigenvalue weighted by atomic mass is 16.2. The molecule has 3 heterocycles. The molecule has 1 atom stereocenters. The van der Waals surface area contributed by atoms with E-state index in [4.69, 9.17) is 5.26 Å². The van der Waals surface area contributed by atoms with E-state index in [9.17, 15) is 4.79 Å². The van der Waals surface area contributed by atoms with Gasteiger partial charge in [-0.2, -0.15) is 10.4 Å². The summed E-state index contributed by atoms with van der Waals surface area (Å²) in [4.78, 5) is 18.0. The highest BCUT2D eigenvalue weighted by molar-refractivity contribution is 5.92. The van der Waals surface area contributed by atoms with Crippen LogP contribution >= 0.6 is 0 Å². The van der Waals surface area contributed by atoms with Crippen LogP contribution in [0.1, 0.15) is 6.42 Å². The van der Waals surface area contributed by atoms with Crippen LogP contribution in [-0.4, -0.2) is 38.7 Å². The van der Waals surface area contributed by atoms with Gasteiger partial charge in [-0.15, -0.1) is 0 Å². The van der Waals surface area contributed by atoms with E-state index >= 15 is 0 Å². The van der Waals surface area contributed by atoms with Crippen LogP contribution in [0.5, 0.6) is 0 Å². The lowest BCUT2D eigenvalue weighted by Crippen LogP contribution is -2.25. The van der Waals surface area contributed by atoms with Gasteiger partial charge in [-0.3, -0.25) is 9.48 Å². The molecule has 0 radical (unpaired) electrons. The Morgan fingerprint density at radius 1 is 1.50 bits per heavy atom. The Kier molecular flexibility index (Phi) is 3.74. The number of carbonyl (C=O) groups excluding carboxylic acids is 1. The summed E-state index contributed by atoms with van der Waals surface area (Å²) in [6.07, 6.45) is 8.10. The largest absolute Gasteiger partial charge is 0.310 e. The van der Waals surface area contributed by atoms with E-state index in [1.807, 2.05) is 25.4 Å². The minimum Gasteiger partial charge on any atom is -0.310 e. The van der Waals surface area contributed by atoms with E-state index < -0.39 is 0 Å². The van der Waals surface area contributed by atoms with E-state index in [1.165, 1.54) is 0 Å². The standard InChI is InChI=1S/C15H16N6O/c1-20-8-13(7-18-20)11-2-4-17-14(6-11)19-15(22)12-3-5-21(9-12)10-16/h2,4,6-8,12H,3,5,9H2,1H3,(H,17,19,22)/t12-/m0/s1. The SMILES string of the molecule is Cn1cc(-c2ccnc(NC(=O)[C@H]3CCN(C#N)C3)c2)cn1. The Balaban J connectivity index is 1.71. The number of nitrogens with one attached hydrogen (secondary N) is 1. The molecule has 1 fully saturated rings. The first-order valence-corrected chi connectivity index (χ1v) is 7.06. The van der Waals surface area contributed by atoms with Crippen molar-refractivity contribution in [1.82, 2.24) is 19.7 Å². The van der Waals surface area contributed by atoms with Gasteiger partial charge in [-0.05, 0) is 24.1 Å². The van der Waals surface area contributed by atoms with E-state index in [0.29, 0.717) is 25.3 Å². The molecule has 1 amide bonds. The van der Waals surface area contributed by atoms with Gasteiger partial charge in [-0.1, -0.05) is 0 Å². The third-order valence-corrected chi connectivity index (χ3v) is 3.75. The number of carbonyl (C=O) groups is 1. The van der Waals surface area contributed by atoms with Crippen LogP contribution in [0.15, 0.2) is 30.7 Å². The number of aromatic nitrogens is 3. The first-order valence-electron chi connectivity index (χ1n) is 7.06. The number of nitrogens with zero attached hydrogens (tertiary/aromatic N) is 5. The highest BCUT2D eigenvalue weighted by Crippen LogP contribution is 2.22. The maximum atomic E-state index is 12.2. The average molecular weight is 296 g/mol. The number of pyridine rings is 1. The van der Waals surface area contributed by atoms with Gasteiger partial charge in [0.1, 0.15) is 5.82 Å². The van der Waals surface area contributed by atoms with Gasteiger partial charge in [0.2, 0.25) is 5.91 Å². The molecule has 2 aromatic heterocycles. The van der Waals surface area contributed by atoms with Gasteiger partial charge in [0.25, 0.3) is 0 Å². The number of nitriles is 1. The van der Waals surface area contributed by atoms with Crippen molar-refractivity contribution in [3.63, 3.8) is 0 Å². The zero-order valence-corrected chi connectivity index (χ0v) is 12.2. The Labute approximate surface area is 128 Å². The molecule has 112 valence electrons. The van der Waals surface area contributed by atoms with Gasteiger partial charge in [0, 0.05) is 38.1 Å². The first kappa shape index (κ1) is 14.1. The summed E-state index contributed by atoms with van der Waals surface area (Å²) in [7, 11) is 1.86. The molecule has 22 heavy (non-hydrogen) atoms. The van der Waals surface area contributed by atoms with Crippen molar-refractivity contribution in [2.24, 2.45) is 13.0 Å². The second-order valence-corrected chi connectivity index (χ2v) is 5.35. The zero-order valence-electron chi connectivity index (χ0n) is 12.2. The average Bonchev–Trinajstić information content (AvgIpc) is 3.16. The molecule has 1 aliphatic rings. The van der Waals surface area contributed by atoms with Crippen molar-refractivity contribution in [3.05, 3.63) is 30.7 Å². The smallest absolute Gasteiger partial charge is 0.230 e. The van der Waals surface area contributed by atoms with Crippen molar-refractivity contribution in [2.75, 3.05) is 18.4 Å². The number of hydrogen-bond donors (Lipinski definition) is 1. The second-order valence-electron chi connectivity index (χ2n) is 5.35. The maximum absolute atomic E-state index is 12.2. The van der Waals surface area contributed by atoms with Crippen LogP contribution in [0.4, 0.5) is 5.82 Å². The van der Waals surface area contributed by atoms with Crippen LogP contribution < -0.4 is 5.32 Å². The van der Waals surface area contributed by atoms with Crippen LogP contribution in [0, 0.1) is 17.4 Å². The number of aryl methyl sites for hydroxylation is 1. The summed E-state index contributed by atoms with van der Waals surface area (Å²) in [5, 5.41) is 15.8. The van der Waals surface area contributed by atoms with Gasteiger partial charge in [0.15, 0.2) is 6.19 Å². The molecular weight excluding hydrogens is 280 g/mol. The van der Waals surface area contributed by atoms with E-state index in [-0.39, 0.29) is 11.8 Å². The van der Waals surface area contributed by atoms with E-state index in [2.05, 4.69) is 21.6 Å². The van der Waals surface area contributed by atoms with Crippen LogP contribution in [0.25, 0.3) is 11.1 Å². The fourth-order valence-corrected chi connectivity index (χ4v) is 2.54. The summed E-state index contributed by atoms with van der Waals surface area (Å²) in [6, 6.07) is 3.70. The zero-order chi connectivity index (χ0) is 15.5. The van der Waals surface area contributed by atoms with E-state index in [1.54, 1.807) is 22.0 Å². The molecule has 1 N–H and O–H groups in total. The van der Waals surface area contributed by atoms with Crippen LogP contribution in [-0.2, 0) is 11.8 Å². The summed E-state index contributed by atoms with van der Waals surface area (Å²) < 4.78 is 1.73. The molecular formula is C15H16N6O. The molecule has 1 aliphatic heterocycles. The summed E-state index contributed by atoms with van der Waals surface area (Å²) >= 11 is 0. The minimum atomic E-state index is -0.163. The fraction of sp³-hybridized carbons (Fsp3) is 0.333. The van der Waals surface area contributed by atoms with Crippen molar-refractivity contribution < 1.29 is 4.79 Å². The summed E-state index contributed by atoms with van der Waals surface area (Å²) in [5.74, 6) is 0.263. The Hall–Kier alpha value is -2.88. The molecule has 0 aliphatic carbocycles. The lowest BCUT2D eigenvalue weighted by atomic mass is 10.1. The van der Waals surface area contributed by atoms with Gasteiger partial charge < -0.3 is 10.2 Å². The topological polar surface area (TPSA) is 86.8 Å². The molecule has 0 saturated carbocycles. The number of rotatable bonds is 3. The van der Waals surface area contributed by atoms with Crippen molar-refractivity contribution in [1.29, 1.82) is 5.26 Å². The maximum Gasteiger partial charge on any atom is 0.230 e. The molecule has 7 nitrogen and oxygen atoms in total. The quantitative estimate of drug-likeness (QED) is 0.861. The van der Waals surface area contributed by atoms with E-state index in [0.717, 1.165) is 11.1 Å². The predicted octanol–water partition coefficient (Wildman–Crippen LogP) is 1.22. The molecule has 3 rings (SSSR count). The monoisotopic (exact) mass is 296 g/mol. The number of anilines is 1. The third-order valence-electron chi connectivity index (χ3n) is 3.75. The molecule has 2 aromatic rings. The molecule has 0 spiro atoms. The van der Waals surface area contributed by atoms with Crippen molar-refractivity contribution in [3.8, 4) is 17.3 Å². The number of hydrogen-bond acceptors (Lipinski definition) is 5. The molecule has 0 bridgehead atoms. The molecule has 0 aromatic carbocycles. The third kappa shape index (κ3) is 2.91. The molecule has 7 heteroatoms. The number of likely N-dealkylation sites (tertiary alicyclic amines) is 1. The molecule has 1 saturated heterocycles. The van der Waals surface area contributed by atoms with Gasteiger partial charge >= 0.3 is 0 Å². The first-order chi connectivity index (χ1) is 10.7. The lowest BCUT2D eigenvalue weighted by molar-refractivity contribution is -0.119. The van der Waals surface area contributed by atoms with Gasteiger partial charge in [-0.25, -0.2) is 4.98 Å².